The minimum Gasteiger partial charge on any atom is -0.493 e. The molecule has 0 bridgehead atoms. The quantitative estimate of drug-likeness (QED) is 0.606. The van der Waals surface area contributed by atoms with Crippen LogP contribution in [0.5, 0.6) is 5.75 Å². The van der Waals surface area contributed by atoms with Crippen molar-refractivity contribution in [2.75, 3.05) is 12.4 Å². The van der Waals surface area contributed by atoms with Crippen LogP contribution in [-0.2, 0) is 0 Å². The lowest BCUT2D eigenvalue weighted by Crippen LogP contribution is -2.00. The van der Waals surface area contributed by atoms with Gasteiger partial charge in [0.2, 0.25) is 0 Å². The Bertz CT molecular complexity index is 572. The fourth-order valence-corrected chi connectivity index (χ4v) is 2.34. The number of nitriles is 1. The predicted octanol–water partition coefficient (Wildman–Crippen LogP) is 4.04. The molecule has 0 amide bonds. The first-order chi connectivity index (χ1) is 9.28. The molecule has 0 aliphatic heterocycles. The highest BCUT2D eigenvalue weighted by molar-refractivity contribution is 7.99. The maximum absolute atomic E-state index is 8.80. The van der Waals surface area contributed by atoms with Gasteiger partial charge < -0.3 is 4.74 Å². The van der Waals surface area contributed by atoms with Crippen molar-refractivity contribution in [2.24, 2.45) is 0 Å². The standard InChI is InChI=1S/C16H15NOS/c1-13-5-7-16(8-6-13)19-10-9-18-15-4-2-3-14(11-15)12-17/h2-8,11H,9-10H2,1H3. The number of benzene rings is 2. The number of hydrogen-bond donors (Lipinski definition) is 0. The van der Waals surface area contributed by atoms with Crippen LogP contribution in [0.1, 0.15) is 11.1 Å². The molecule has 0 aliphatic rings. The highest BCUT2D eigenvalue weighted by Gasteiger charge is 1.97. The summed E-state index contributed by atoms with van der Waals surface area (Å²) in [7, 11) is 0. The molecule has 0 unspecified atom stereocenters. The summed E-state index contributed by atoms with van der Waals surface area (Å²) < 4.78 is 5.62. The van der Waals surface area contributed by atoms with E-state index in [-0.39, 0.29) is 0 Å². The summed E-state index contributed by atoms with van der Waals surface area (Å²) in [6.07, 6.45) is 0. The van der Waals surface area contributed by atoms with E-state index in [1.54, 1.807) is 23.9 Å². The minimum atomic E-state index is 0.628. The van der Waals surface area contributed by atoms with E-state index in [9.17, 15) is 0 Å². The molecule has 2 aromatic carbocycles. The first-order valence-electron chi connectivity index (χ1n) is 6.10. The molecule has 0 heterocycles. The van der Waals surface area contributed by atoms with Crippen molar-refractivity contribution in [1.29, 1.82) is 5.26 Å². The Morgan fingerprint density at radius 3 is 2.68 bits per heavy atom. The molecule has 19 heavy (non-hydrogen) atoms. The molecule has 0 saturated heterocycles. The van der Waals surface area contributed by atoms with Gasteiger partial charge in [-0.2, -0.15) is 5.26 Å². The van der Waals surface area contributed by atoms with Gasteiger partial charge >= 0.3 is 0 Å². The number of aryl methyl sites for hydroxylation is 1. The van der Waals surface area contributed by atoms with Gasteiger partial charge in [0.15, 0.2) is 0 Å². The largest absolute Gasteiger partial charge is 0.493 e. The van der Waals surface area contributed by atoms with Crippen LogP contribution in [0, 0.1) is 18.3 Å². The van der Waals surface area contributed by atoms with Crippen LogP contribution in [0.3, 0.4) is 0 Å². The van der Waals surface area contributed by atoms with Gasteiger partial charge in [-0.1, -0.05) is 23.8 Å². The lowest BCUT2D eigenvalue weighted by atomic mass is 10.2. The summed E-state index contributed by atoms with van der Waals surface area (Å²) in [5.41, 5.74) is 1.90. The number of hydrogen-bond acceptors (Lipinski definition) is 3. The van der Waals surface area contributed by atoms with Crippen molar-refractivity contribution in [3.8, 4) is 11.8 Å². The third-order valence-electron chi connectivity index (χ3n) is 2.60. The molecule has 0 aromatic heterocycles. The Labute approximate surface area is 118 Å². The van der Waals surface area contributed by atoms with Crippen LogP contribution in [0.4, 0.5) is 0 Å². The van der Waals surface area contributed by atoms with Gasteiger partial charge in [0.05, 0.1) is 18.2 Å². The zero-order valence-electron chi connectivity index (χ0n) is 10.8. The van der Waals surface area contributed by atoms with Crippen molar-refractivity contribution < 1.29 is 4.74 Å². The van der Waals surface area contributed by atoms with Crippen LogP contribution in [-0.4, -0.2) is 12.4 Å². The molecule has 0 saturated carbocycles. The second-order valence-electron chi connectivity index (χ2n) is 4.15. The van der Waals surface area contributed by atoms with Crippen molar-refractivity contribution in [1.82, 2.24) is 0 Å². The van der Waals surface area contributed by atoms with Crippen LogP contribution < -0.4 is 4.74 Å². The maximum atomic E-state index is 8.80. The lowest BCUT2D eigenvalue weighted by Gasteiger charge is -2.06. The minimum absolute atomic E-state index is 0.628. The molecular weight excluding hydrogens is 254 g/mol. The Balaban J connectivity index is 1.77. The van der Waals surface area contributed by atoms with E-state index in [1.165, 1.54) is 10.5 Å². The molecule has 2 nitrogen and oxygen atoms in total. The summed E-state index contributed by atoms with van der Waals surface area (Å²) in [5.74, 6) is 1.64. The molecule has 0 radical (unpaired) electrons. The molecule has 2 rings (SSSR count). The third kappa shape index (κ3) is 4.35. The van der Waals surface area contributed by atoms with E-state index in [1.807, 2.05) is 12.1 Å². The van der Waals surface area contributed by atoms with E-state index in [4.69, 9.17) is 10.00 Å². The molecular formula is C16H15NOS. The van der Waals surface area contributed by atoms with Crippen LogP contribution in [0.15, 0.2) is 53.4 Å². The van der Waals surface area contributed by atoms with Gasteiger partial charge in [-0.25, -0.2) is 0 Å². The zero-order valence-corrected chi connectivity index (χ0v) is 11.6. The smallest absolute Gasteiger partial charge is 0.120 e. The van der Waals surface area contributed by atoms with Crippen LogP contribution >= 0.6 is 11.8 Å². The summed E-state index contributed by atoms with van der Waals surface area (Å²) in [4.78, 5) is 1.25. The highest BCUT2D eigenvalue weighted by Crippen LogP contribution is 2.19. The Kier molecular flexibility index (Phi) is 4.88. The molecule has 0 fully saturated rings. The van der Waals surface area contributed by atoms with Crippen LogP contribution in [0.2, 0.25) is 0 Å². The molecule has 3 heteroatoms. The van der Waals surface area contributed by atoms with Crippen molar-refractivity contribution in [3.05, 3.63) is 59.7 Å². The van der Waals surface area contributed by atoms with Gasteiger partial charge in [0.1, 0.15) is 5.75 Å². The van der Waals surface area contributed by atoms with Crippen LogP contribution in [0.25, 0.3) is 0 Å². The molecule has 2 aromatic rings. The van der Waals surface area contributed by atoms with Gasteiger partial charge in [0.25, 0.3) is 0 Å². The summed E-state index contributed by atoms with van der Waals surface area (Å²) in [6.45, 7) is 2.72. The Morgan fingerprint density at radius 2 is 1.95 bits per heavy atom. The van der Waals surface area contributed by atoms with Gasteiger partial charge in [0, 0.05) is 10.6 Å². The normalized spacial score (nSPS) is 9.89. The molecule has 0 aliphatic carbocycles. The monoisotopic (exact) mass is 269 g/mol. The van der Waals surface area contributed by atoms with E-state index in [0.29, 0.717) is 12.2 Å². The second kappa shape index (κ2) is 6.86. The maximum Gasteiger partial charge on any atom is 0.120 e. The topological polar surface area (TPSA) is 33.0 Å². The zero-order chi connectivity index (χ0) is 13.5. The summed E-state index contributed by atoms with van der Waals surface area (Å²) >= 11 is 1.77. The number of thioether (sulfide) groups is 1. The molecule has 0 spiro atoms. The SMILES string of the molecule is Cc1ccc(SCCOc2cccc(C#N)c2)cc1. The number of rotatable bonds is 5. The first kappa shape index (κ1) is 13.5. The lowest BCUT2D eigenvalue weighted by molar-refractivity contribution is 0.344. The van der Waals surface area contributed by atoms with E-state index in [0.717, 1.165) is 11.5 Å². The van der Waals surface area contributed by atoms with E-state index < -0.39 is 0 Å². The average Bonchev–Trinajstić information content (AvgIpc) is 2.46. The fraction of sp³-hybridized carbons (Fsp3) is 0.188. The van der Waals surface area contributed by atoms with Gasteiger partial charge in [-0.15, -0.1) is 11.8 Å². The van der Waals surface area contributed by atoms with E-state index in [2.05, 4.69) is 37.3 Å². The highest BCUT2D eigenvalue weighted by atomic mass is 32.2. The Hall–Kier alpha value is -1.92. The third-order valence-corrected chi connectivity index (χ3v) is 3.58. The van der Waals surface area contributed by atoms with Crippen molar-refractivity contribution >= 4 is 11.8 Å². The molecule has 0 N–H and O–H groups in total. The summed E-state index contributed by atoms with van der Waals surface area (Å²) in [6, 6.07) is 17.8. The molecule has 0 atom stereocenters. The number of ether oxygens (including phenoxy) is 1. The van der Waals surface area contributed by atoms with Crippen molar-refractivity contribution in [2.45, 2.75) is 11.8 Å². The first-order valence-corrected chi connectivity index (χ1v) is 7.09. The Morgan fingerprint density at radius 1 is 1.16 bits per heavy atom. The average molecular weight is 269 g/mol. The molecule has 96 valence electrons. The van der Waals surface area contributed by atoms with Gasteiger partial charge in [-0.05, 0) is 37.3 Å². The van der Waals surface area contributed by atoms with Gasteiger partial charge in [-0.3, -0.25) is 0 Å². The summed E-state index contributed by atoms with van der Waals surface area (Å²) in [5, 5.41) is 8.80. The van der Waals surface area contributed by atoms with Crippen molar-refractivity contribution in [3.63, 3.8) is 0 Å². The van der Waals surface area contributed by atoms with E-state index >= 15 is 0 Å². The fourth-order valence-electron chi connectivity index (χ4n) is 1.61. The second-order valence-corrected chi connectivity index (χ2v) is 5.32. The number of nitrogens with zero attached hydrogens (tertiary/aromatic N) is 1. The predicted molar refractivity (Wildman–Crippen MR) is 78.6 cm³/mol.